The second-order valence-corrected chi connectivity index (χ2v) is 6.38. The fraction of sp³-hybridized carbons (Fsp3) is 0.154. The average molecular weight is 342 g/mol. The topological polar surface area (TPSA) is 35.8 Å². The van der Waals surface area contributed by atoms with E-state index >= 15 is 0 Å². The van der Waals surface area contributed by atoms with Gasteiger partial charge >= 0.3 is 0 Å². The second-order valence-electron chi connectivity index (χ2n) is 3.78. The highest BCUT2D eigenvalue weighted by Gasteiger charge is 2.11. The first-order valence-electron chi connectivity index (χ1n) is 5.32. The van der Waals surface area contributed by atoms with Crippen molar-refractivity contribution >= 4 is 44.6 Å². The summed E-state index contributed by atoms with van der Waals surface area (Å²) in [5, 5.41) is 12.5. The van der Waals surface area contributed by atoms with Crippen LogP contribution in [0.25, 0.3) is 0 Å². The molecule has 1 aromatic heterocycles. The minimum absolute atomic E-state index is 0.115. The Morgan fingerprint density at radius 1 is 1.39 bits per heavy atom. The monoisotopic (exact) mass is 340 g/mol. The number of anilines is 1. The zero-order valence-electron chi connectivity index (χ0n) is 9.58. The van der Waals surface area contributed by atoms with E-state index in [9.17, 15) is 0 Å². The predicted octanol–water partition coefficient (Wildman–Crippen LogP) is 5.21. The van der Waals surface area contributed by atoms with Crippen LogP contribution in [0, 0.1) is 11.3 Å². The van der Waals surface area contributed by atoms with Crippen LogP contribution in [0.3, 0.4) is 0 Å². The third kappa shape index (κ3) is 2.86. The number of nitriles is 1. The Hall–Kier alpha value is -1.02. The molecule has 5 heteroatoms. The Kier molecular flexibility index (Phi) is 4.28. The molecule has 1 atom stereocenters. The molecule has 0 fully saturated rings. The van der Waals surface area contributed by atoms with E-state index in [1.165, 1.54) is 0 Å². The lowest BCUT2D eigenvalue weighted by Crippen LogP contribution is -2.06. The highest BCUT2D eigenvalue weighted by Crippen LogP contribution is 2.31. The van der Waals surface area contributed by atoms with Crippen molar-refractivity contribution in [1.29, 1.82) is 5.26 Å². The smallest absolute Gasteiger partial charge is 0.103 e. The normalized spacial score (nSPS) is 11.9. The molecule has 2 nitrogen and oxygen atoms in total. The molecule has 92 valence electrons. The van der Waals surface area contributed by atoms with Crippen molar-refractivity contribution in [3.8, 4) is 6.07 Å². The molecule has 0 aliphatic heterocycles. The summed E-state index contributed by atoms with van der Waals surface area (Å²) in [4.78, 5) is 1.14. The van der Waals surface area contributed by atoms with Gasteiger partial charge in [0.25, 0.3) is 0 Å². The molecule has 2 rings (SSSR count). The molecule has 0 bridgehead atoms. The van der Waals surface area contributed by atoms with Crippen molar-refractivity contribution in [2.24, 2.45) is 0 Å². The minimum atomic E-state index is 0.115. The van der Waals surface area contributed by atoms with Crippen LogP contribution in [-0.4, -0.2) is 0 Å². The van der Waals surface area contributed by atoms with Crippen molar-refractivity contribution in [1.82, 2.24) is 0 Å². The molecular formula is C13H10BrClN2S. The minimum Gasteiger partial charge on any atom is -0.377 e. The summed E-state index contributed by atoms with van der Waals surface area (Å²) < 4.78 is 1.57. The molecule has 18 heavy (non-hydrogen) atoms. The van der Waals surface area contributed by atoms with Gasteiger partial charge in [0, 0.05) is 9.35 Å². The van der Waals surface area contributed by atoms with Crippen molar-refractivity contribution in [2.75, 3.05) is 5.32 Å². The summed E-state index contributed by atoms with van der Waals surface area (Å²) >= 11 is 10.8. The van der Waals surface area contributed by atoms with Gasteiger partial charge in [0.05, 0.1) is 21.6 Å². The van der Waals surface area contributed by atoms with E-state index in [1.54, 1.807) is 11.3 Å². The molecule has 0 spiro atoms. The van der Waals surface area contributed by atoms with Gasteiger partial charge in [-0.1, -0.05) is 17.7 Å². The molecule has 0 amide bonds. The molecule has 1 aromatic carbocycles. The average Bonchev–Trinajstić information content (AvgIpc) is 2.76. The molecule has 2 aromatic rings. The Bertz CT molecular complexity index is 603. The maximum Gasteiger partial charge on any atom is 0.103 e. The molecule has 0 radical (unpaired) electrons. The molecule has 0 saturated carbocycles. The molecule has 0 aliphatic carbocycles. The van der Waals surface area contributed by atoms with Gasteiger partial charge in [-0.15, -0.1) is 11.3 Å². The fourth-order valence-electron chi connectivity index (χ4n) is 1.62. The van der Waals surface area contributed by atoms with Crippen molar-refractivity contribution in [3.05, 3.63) is 49.6 Å². The van der Waals surface area contributed by atoms with Crippen LogP contribution in [0.5, 0.6) is 0 Å². The zero-order valence-corrected chi connectivity index (χ0v) is 12.7. The van der Waals surface area contributed by atoms with Crippen molar-refractivity contribution in [3.63, 3.8) is 0 Å². The Labute approximate surface area is 123 Å². The molecular weight excluding hydrogens is 332 g/mol. The molecule has 1 unspecified atom stereocenters. The Morgan fingerprint density at radius 3 is 2.78 bits per heavy atom. The fourth-order valence-corrected chi connectivity index (χ4v) is 3.14. The largest absolute Gasteiger partial charge is 0.377 e. The van der Waals surface area contributed by atoms with Crippen LogP contribution in [0.4, 0.5) is 5.69 Å². The summed E-state index contributed by atoms with van der Waals surface area (Å²) in [5.41, 5.74) is 1.44. The standard InChI is InChI=1S/C13H10BrClN2S/c1-8(12-5-6-13(15)18-12)17-11-4-2-3-10(14)9(11)7-16/h2-6,8,17H,1H3. The van der Waals surface area contributed by atoms with Crippen LogP contribution in [0.1, 0.15) is 23.4 Å². The lowest BCUT2D eigenvalue weighted by Gasteiger charge is -2.15. The van der Waals surface area contributed by atoms with E-state index < -0.39 is 0 Å². The number of benzene rings is 1. The van der Waals surface area contributed by atoms with Gasteiger partial charge in [0.1, 0.15) is 6.07 Å². The quantitative estimate of drug-likeness (QED) is 0.832. The highest BCUT2D eigenvalue weighted by atomic mass is 79.9. The maximum absolute atomic E-state index is 9.15. The van der Waals surface area contributed by atoms with E-state index in [-0.39, 0.29) is 6.04 Å². The summed E-state index contributed by atoms with van der Waals surface area (Å²) in [6, 6.07) is 11.8. The van der Waals surface area contributed by atoms with E-state index in [4.69, 9.17) is 16.9 Å². The Morgan fingerprint density at radius 2 is 2.17 bits per heavy atom. The van der Waals surface area contributed by atoms with Gasteiger partial charge in [-0.25, -0.2) is 0 Å². The van der Waals surface area contributed by atoms with Crippen molar-refractivity contribution < 1.29 is 0 Å². The number of rotatable bonds is 3. The lowest BCUT2D eigenvalue weighted by molar-refractivity contribution is 0.907. The van der Waals surface area contributed by atoms with Crippen LogP contribution in [0.2, 0.25) is 4.34 Å². The maximum atomic E-state index is 9.15. The SMILES string of the molecule is CC(Nc1cccc(Br)c1C#N)c1ccc(Cl)s1. The predicted molar refractivity (Wildman–Crippen MR) is 80.2 cm³/mol. The number of halogens is 2. The van der Waals surface area contributed by atoms with E-state index in [2.05, 4.69) is 27.3 Å². The van der Waals surface area contributed by atoms with E-state index in [0.29, 0.717) is 5.56 Å². The molecule has 1 N–H and O–H groups in total. The number of hydrogen-bond acceptors (Lipinski definition) is 3. The first-order chi connectivity index (χ1) is 8.61. The number of thiophene rings is 1. The van der Waals surface area contributed by atoms with Gasteiger partial charge in [-0.05, 0) is 47.1 Å². The first-order valence-corrected chi connectivity index (χ1v) is 7.31. The molecule has 0 saturated heterocycles. The van der Waals surface area contributed by atoms with E-state index in [0.717, 1.165) is 19.4 Å². The molecule has 1 heterocycles. The van der Waals surface area contributed by atoms with Gasteiger partial charge < -0.3 is 5.32 Å². The number of nitrogens with one attached hydrogen (secondary N) is 1. The van der Waals surface area contributed by atoms with Crippen molar-refractivity contribution in [2.45, 2.75) is 13.0 Å². The molecule has 0 aliphatic rings. The number of nitrogens with zero attached hydrogens (tertiary/aromatic N) is 1. The third-order valence-corrected chi connectivity index (χ3v) is 4.59. The van der Waals surface area contributed by atoms with Crippen LogP contribution < -0.4 is 5.32 Å². The lowest BCUT2D eigenvalue weighted by atomic mass is 10.1. The highest BCUT2D eigenvalue weighted by molar-refractivity contribution is 9.10. The van der Waals surface area contributed by atoms with Gasteiger partial charge in [0.2, 0.25) is 0 Å². The summed E-state index contributed by atoms with van der Waals surface area (Å²) in [7, 11) is 0. The van der Waals surface area contributed by atoms with E-state index in [1.807, 2.05) is 37.3 Å². The van der Waals surface area contributed by atoms with Gasteiger partial charge in [-0.2, -0.15) is 5.26 Å². The number of hydrogen-bond donors (Lipinski definition) is 1. The third-order valence-electron chi connectivity index (χ3n) is 2.52. The zero-order chi connectivity index (χ0) is 13.1. The van der Waals surface area contributed by atoms with Crippen LogP contribution >= 0.6 is 38.9 Å². The summed E-state index contributed by atoms with van der Waals surface area (Å²) in [6.45, 7) is 2.05. The van der Waals surface area contributed by atoms with Gasteiger partial charge in [-0.3, -0.25) is 0 Å². The summed E-state index contributed by atoms with van der Waals surface area (Å²) in [6.07, 6.45) is 0. The van der Waals surface area contributed by atoms with Gasteiger partial charge in [0.15, 0.2) is 0 Å². The van der Waals surface area contributed by atoms with Crippen LogP contribution in [0.15, 0.2) is 34.8 Å². The Balaban J connectivity index is 2.25. The second kappa shape index (κ2) is 5.75. The van der Waals surface area contributed by atoms with Crippen LogP contribution in [-0.2, 0) is 0 Å². The first kappa shape index (κ1) is 13.4. The summed E-state index contributed by atoms with van der Waals surface area (Å²) in [5.74, 6) is 0.